The highest BCUT2D eigenvalue weighted by Gasteiger charge is 2.27. The largest absolute Gasteiger partial charge is 0.335 e. The average Bonchev–Trinajstić information content (AvgIpc) is 2.61. The van der Waals surface area contributed by atoms with Gasteiger partial charge in [-0.1, -0.05) is 0 Å². The van der Waals surface area contributed by atoms with Crippen LogP contribution >= 0.6 is 0 Å². The number of nitrogens with zero attached hydrogens (tertiary/aromatic N) is 4. The van der Waals surface area contributed by atoms with E-state index >= 15 is 0 Å². The van der Waals surface area contributed by atoms with Gasteiger partial charge in [0, 0.05) is 38.4 Å². The number of amides is 2. The fourth-order valence-corrected chi connectivity index (χ4v) is 2.61. The smallest absolute Gasteiger partial charge is 0.274 e. The molecule has 130 valence electrons. The summed E-state index contributed by atoms with van der Waals surface area (Å²) in [5.41, 5.74) is 0.786. The summed E-state index contributed by atoms with van der Waals surface area (Å²) in [4.78, 5) is 35.8. The van der Waals surface area contributed by atoms with Gasteiger partial charge in [0.05, 0.1) is 17.5 Å². The van der Waals surface area contributed by atoms with E-state index in [0.717, 1.165) is 12.1 Å². The summed E-state index contributed by atoms with van der Waals surface area (Å²) >= 11 is 0. The van der Waals surface area contributed by atoms with Crippen molar-refractivity contribution in [1.29, 1.82) is 0 Å². The van der Waals surface area contributed by atoms with Gasteiger partial charge in [0.1, 0.15) is 17.3 Å². The summed E-state index contributed by atoms with van der Waals surface area (Å²) < 4.78 is 26.7. The first-order chi connectivity index (χ1) is 12.0. The average molecular weight is 346 g/mol. The summed E-state index contributed by atoms with van der Waals surface area (Å²) in [6.45, 7) is 2.92. The molecule has 2 amide bonds. The van der Waals surface area contributed by atoms with Crippen LogP contribution in [0.5, 0.6) is 0 Å². The van der Waals surface area contributed by atoms with Gasteiger partial charge in [0.15, 0.2) is 0 Å². The van der Waals surface area contributed by atoms with Gasteiger partial charge in [0.2, 0.25) is 0 Å². The number of hydrogen-bond acceptors (Lipinski definition) is 4. The number of aromatic nitrogens is 2. The van der Waals surface area contributed by atoms with E-state index in [2.05, 4.69) is 9.97 Å². The lowest BCUT2D eigenvalue weighted by atomic mass is 10.1. The Bertz CT molecular complexity index is 803. The van der Waals surface area contributed by atoms with Crippen molar-refractivity contribution in [3.8, 4) is 0 Å². The fraction of sp³-hybridized carbons (Fsp3) is 0.294. The summed E-state index contributed by atoms with van der Waals surface area (Å²) in [7, 11) is 0. The van der Waals surface area contributed by atoms with Crippen molar-refractivity contribution in [3.05, 3.63) is 59.2 Å². The molecule has 1 aliphatic rings. The highest BCUT2D eigenvalue weighted by Crippen LogP contribution is 2.15. The molecule has 0 unspecified atom stereocenters. The minimum atomic E-state index is -0.890. The number of piperazine rings is 1. The second-order valence-corrected chi connectivity index (χ2v) is 5.75. The van der Waals surface area contributed by atoms with Gasteiger partial charge >= 0.3 is 0 Å². The Balaban J connectivity index is 1.64. The third-order valence-corrected chi connectivity index (χ3v) is 4.02. The van der Waals surface area contributed by atoms with Gasteiger partial charge in [-0.15, -0.1) is 0 Å². The molecule has 2 heterocycles. The van der Waals surface area contributed by atoms with Crippen LogP contribution in [-0.4, -0.2) is 57.8 Å². The van der Waals surface area contributed by atoms with E-state index in [0.29, 0.717) is 24.8 Å². The Kier molecular flexibility index (Phi) is 4.69. The van der Waals surface area contributed by atoms with Gasteiger partial charge in [-0.3, -0.25) is 14.6 Å². The van der Waals surface area contributed by atoms with Gasteiger partial charge < -0.3 is 9.80 Å². The summed E-state index contributed by atoms with van der Waals surface area (Å²) in [6.07, 6.45) is 2.94. The first-order valence-electron chi connectivity index (χ1n) is 7.78. The van der Waals surface area contributed by atoms with Crippen LogP contribution < -0.4 is 0 Å². The highest BCUT2D eigenvalue weighted by atomic mass is 19.1. The van der Waals surface area contributed by atoms with Gasteiger partial charge in [-0.25, -0.2) is 13.8 Å². The first kappa shape index (κ1) is 16.9. The van der Waals surface area contributed by atoms with E-state index in [9.17, 15) is 18.4 Å². The van der Waals surface area contributed by atoms with Gasteiger partial charge in [-0.2, -0.15) is 0 Å². The van der Waals surface area contributed by atoms with Crippen molar-refractivity contribution in [3.63, 3.8) is 0 Å². The van der Waals surface area contributed by atoms with Gasteiger partial charge in [-0.05, 0) is 19.1 Å². The number of halogens is 2. The molecule has 0 aliphatic carbocycles. The molecule has 0 radical (unpaired) electrons. The third kappa shape index (κ3) is 3.62. The van der Waals surface area contributed by atoms with E-state index in [4.69, 9.17) is 0 Å². The zero-order valence-corrected chi connectivity index (χ0v) is 13.6. The SMILES string of the molecule is Cc1cnc(C(=O)N2CCN(C(=O)c3ccc(F)cc3F)CC2)cn1. The molecular formula is C17H16F2N4O2. The topological polar surface area (TPSA) is 66.4 Å². The molecule has 1 aromatic carbocycles. The van der Waals surface area contributed by atoms with Crippen molar-refractivity contribution in [1.82, 2.24) is 19.8 Å². The molecule has 3 rings (SSSR count). The van der Waals surface area contributed by atoms with Crippen molar-refractivity contribution in [2.24, 2.45) is 0 Å². The van der Waals surface area contributed by atoms with Crippen LogP contribution in [0.4, 0.5) is 8.78 Å². The van der Waals surface area contributed by atoms with E-state index < -0.39 is 17.5 Å². The predicted octanol–water partition coefficient (Wildman–Crippen LogP) is 1.66. The second kappa shape index (κ2) is 6.92. The minimum absolute atomic E-state index is 0.175. The molecule has 0 bridgehead atoms. The standard InChI is InChI=1S/C17H16F2N4O2/c1-11-9-21-15(10-20-11)17(25)23-6-4-22(5-7-23)16(24)13-3-2-12(18)8-14(13)19/h2-3,8-10H,4-7H2,1H3. The van der Waals surface area contributed by atoms with Crippen molar-refractivity contribution in [2.45, 2.75) is 6.92 Å². The number of hydrogen-bond donors (Lipinski definition) is 0. The maximum absolute atomic E-state index is 13.7. The molecular weight excluding hydrogens is 330 g/mol. The summed E-state index contributed by atoms with van der Waals surface area (Å²) in [5.74, 6) is -2.39. The van der Waals surface area contributed by atoms with Crippen LogP contribution in [-0.2, 0) is 0 Å². The number of rotatable bonds is 2. The van der Waals surface area contributed by atoms with Crippen LogP contribution in [0.15, 0.2) is 30.6 Å². The van der Waals surface area contributed by atoms with Crippen molar-refractivity contribution < 1.29 is 18.4 Å². The molecule has 8 heteroatoms. The highest BCUT2D eigenvalue weighted by molar-refractivity contribution is 5.95. The molecule has 2 aromatic rings. The quantitative estimate of drug-likeness (QED) is 0.830. The molecule has 1 fully saturated rings. The molecule has 6 nitrogen and oxygen atoms in total. The first-order valence-corrected chi connectivity index (χ1v) is 7.78. The summed E-state index contributed by atoms with van der Waals surface area (Å²) in [5, 5.41) is 0. The molecule has 0 saturated carbocycles. The molecule has 0 N–H and O–H groups in total. The van der Waals surface area contributed by atoms with E-state index in [1.165, 1.54) is 17.3 Å². The Hall–Kier alpha value is -2.90. The zero-order chi connectivity index (χ0) is 18.0. The molecule has 25 heavy (non-hydrogen) atoms. The van der Waals surface area contributed by atoms with Crippen LogP contribution in [0, 0.1) is 18.6 Å². The fourth-order valence-electron chi connectivity index (χ4n) is 2.61. The maximum atomic E-state index is 13.7. The Morgan fingerprint density at radius 2 is 1.60 bits per heavy atom. The van der Waals surface area contributed by atoms with Crippen molar-refractivity contribution in [2.75, 3.05) is 26.2 Å². The van der Waals surface area contributed by atoms with Crippen LogP contribution in [0.25, 0.3) is 0 Å². The van der Waals surface area contributed by atoms with Crippen LogP contribution in [0.2, 0.25) is 0 Å². The van der Waals surface area contributed by atoms with E-state index in [-0.39, 0.29) is 30.3 Å². The predicted molar refractivity (Wildman–Crippen MR) is 84.9 cm³/mol. The number of carbonyl (C=O) groups is 2. The molecule has 0 atom stereocenters. The number of benzene rings is 1. The van der Waals surface area contributed by atoms with E-state index in [1.807, 2.05) is 0 Å². The Labute approximate surface area is 143 Å². The second-order valence-electron chi connectivity index (χ2n) is 5.75. The molecule has 1 aliphatic heterocycles. The molecule has 1 aromatic heterocycles. The summed E-state index contributed by atoms with van der Waals surface area (Å²) in [6, 6.07) is 2.86. The lowest BCUT2D eigenvalue weighted by molar-refractivity contribution is 0.0529. The van der Waals surface area contributed by atoms with Crippen LogP contribution in [0.3, 0.4) is 0 Å². The van der Waals surface area contributed by atoms with E-state index in [1.54, 1.807) is 11.8 Å². The number of carbonyl (C=O) groups excluding carboxylic acids is 2. The lowest BCUT2D eigenvalue weighted by Crippen LogP contribution is -2.50. The monoisotopic (exact) mass is 346 g/mol. The molecule has 0 spiro atoms. The number of aryl methyl sites for hydroxylation is 1. The lowest BCUT2D eigenvalue weighted by Gasteiger charge is -2.34. The van der Waals surface area contributed by atoms with Crippen molar-refractivity contribution >= 4 is 11.8 Å². The normalized spacial score (nSPS) is 14.5. The van der Waals surface area contributed by atoms with Crippen LogP contribution in [0.1, 0.15) is 26.5 Å². The molecule has 1 saturated heterocycles. The zero-order valence-electron chi connectivity index (χ0n) is 13.6. The minimum Gasteiger partial charge on any atom is -0.335 e. The van der Waals surface area contributed by atoms with Gasteiger partial charge in [0.25, 0.3) is 11.8 Å². The Morgan fingerprint density at radius 1 is 0.960 bits per heavy atom. The Morgan fingerprint density at radius 3 is 2.16 bits per heavy atom. The maximum Gasteiger partial charge on any atom is 0.274 e. The third-order valence-electron chi connectivity index (χ3n) is 4.02.